The smallest absolute Gasteiger partial charge is 0.267 e. The standard InChI is InChI=1S/C14H17N3O2S2/c1-4-10(19-11-8-6-5-7-9(11)2)12(18)15-13-16-17-14(20-3)21-13/h5-8,10H,4H2,1-3H3,(H,15,16,18)/t10-/m0/s1. The molecule has 0 aliphatic carbocycles. The number of carbonyl (C=O) groups is 1. The Hall–Kier alpha value is -1.60. The predicted molar refractivity (Wildman–Crippen MR) is 86.2 cm³/mol. The van der Waals surface area contributed by atoms with Crippen LogP contribution in [0.25, 0.3) is 0 Å². The molecule has 1 N–H and O–H groups in total. The van der Waals surface area contributed by atoms with Crippen LogP contribution in [0.3, 0.4) is 0 Å². The van der Waals surface area contributed by atoms with E-state index in [-0.39, 0.29) is 5.91 Å². The van der Waals surface area contributed by atoms with Gasteiger partial charge in [-0.15, -0.1) is 10.2 Å². The van der Waals surface area contributed by atoms with Gasteiger partial charge in [0.05, 0.1) is 0 Å². The lowest BCUT2D eigenvalue weighted by Crippen LogP contribution is -2.32. The van der Waals surface area contributed by atoms with Gasteiger partial charge in [0, 0.05) is 0 Å². The molecule has 7 heteroatoms. The van der Waals surface area contributed by atoms with Crippen LogP contribution in [0.4, 0.5) is 5.13 Å². The fourth-order valence-corrected chi connectivity index (χ4v) is 2.87. The second kappa shape index (κ2) is 7.42. The normalized spacial score (nSPS) is 12.0. The number of carbonyl (C=O) groups excluding carboxylic acids is 1. The number of nitrogens with zero attached hydrogens (tertiary/aromatic N) is 2. The molecular formula is C14H17N3O2S2. The molecule has 2 aromatic rings. The number of rotatable bonds is 6. The van der Waals surface area contributed by atoms with Crippen LogP contribution in [-0.4, -0.2) is 28.5 Å². The van der Waals surface area contributed by atoms with Crippen molar-refractivity contribution in [3.05, 3.63) is 29.8 Å². The van der Waals surface area contributed by atoms with Crippen LogP contribution in [0.2, 0.25) is 0 Å². The van der Waals surface area contributed by atoms with Gasteiger partial charge in [-0.3, -0.25) is 10.1 Å². The van der Waals surface area contributed by atoms with Gasteiger partial charge in [-0.1, -0.05) is 48.2 Å². The fourth-order valence-electron chi connectivity index (χ4n) is 1.69. The number of nitrogens with one attached hydrogen (secondary N) is 1. The minimum absolute atomic E-state index is 0.204. The molecule has 1 amide bonds. The number of hydrogen-bond donors (Lipinski definition) is 1. The Morgan fingerprint density at radius 3 is 2.81 bits per heavy atom. The summed E-state index contributed by atoms with van der Waals surface area (Å²) in [6.07, 6.45) is 1.95. The van der Waals surface area contributed by atoms with E-state index in [1.165, 1.54) is 23.1 Å². The van der Waals surface area contributed by atoms with Gasteiger partial charge in [0.1, 0.15) is 5.75 Å². The first-order valence-corrected chi connectivity index (χ1v) is 8.58. The van der Waals surface area contributed by atoms with Gasteiger partial charge >= 0.3 is 0 Å². The van der Waals surface area contributed by atoms with Crippen molar-refractivity contribution in [3.8, 4) is 5.75 Å². The Morgan fingerprint density at radius 1 is 1.43 bits per heavy atom. The maximum absolute atomic E-state index is 12.3. The van der Waals surface area contributed by atoms with E-state index in [0.717, 1.165) is 15.7 Å². The first-order chi connectivity index (χ1) is 10.1. The molecule has 21 heavy (non-hydrogen) atoms. The second-order valence-electron chi connectivity index (χ2n) is 4.35. The summed E-state index contributed by atoms with van der Waals surface area (Å²) in [6, 6.07) is 7.65. The quantitative estimate of drug-likeness (QED) is 0.652. The highest BCUT2D eigenvalue weighted by Crippen LogP contribution is 2.24. The van der Waals surface area contributed by atoms with Crippen LogP contribution in [0.1, 0.15) is 18.9 Å². The molecule has 0 aliphatic heterocycles. The van der Waals surface area contributed by atoms with Crippen molar-refractivity contribution in [1.82, 2.24) is 10.2 Å². The number of thioether (sulfide) groups is 1. The number of hydrogen-bond acceptors (Lipinski definition) is 6. The highest BCUT2D eigenvalue weighted by Gasteiger charge is 2.20. The zero-order chi connectivity index (χ0) is 15.2. The molecule has 0 saturated heterocycles. The van der Waals surface area contributed by atoms with Crippen molar-refractivity contribution in [2.24, 2.45) is 0 Å². The summed E-state index contributed by atoms with van der Waals surface area (Å²) >= 11 is 2.85. The summed E-state index contributed by atoms with van der Waals surface area (Å²) in [6.45, 7) is 3.87. The summed E-state index contributed by atoms with van der Waals surface area (Å²) in [7, 11) is 0. The summed E-state index contributed by atoms with van der Waals surface area (Å²) < 4.78 is 6.62. The Morgan fingerprint density at radius 2 is 2.19 bits per heavy atom. The van der Waals surface area contributed by atoms with E-state index in [0.29, 0.717) is 11.6 Å². The van der Waals surface area contributed by atoms with Crippen LogP contribution in [0.15, 0.2) is 28.6 Å². The highest BCUT2D eigenvalue weighted by molar-refractivity contribution is 8.00. The molecule has 5 nitrogen and oxygen atoms in total. The van der Waals surface area contributed by atoms with Crippen LogP contribution in [-0.2, 0) is 4.79 Å². The van der Waals surface area contributed by atoms with Gasteiger partial charge < -0.3 is 4.74 Å². The summed E-state index contributed by atoms with van der Waals surface area (Å²) in [5, 5.41) is 11.1. The minimum Gasteiger partial charge on any atom is -0.480 e. The summed E-state index contributed by atoms with van der Waals surface area (Å²) in [5.74, 6) is 0.520. The molecule has 1 atom stereocenters. The highest BCUT2D eigenvalue weighted by atomic mass is 32.2. The van der Waals surface area contributed by atoms with Crippen molar-refractivity contribution in [2.45, 2.75) is 30.7 Å². The molecule has 112 valence electrons. The maximum Gasteiger partial charge on any atom is 0.267 e. The van der Waals surface area contributed by atoms with Crippen molar-refractivity contribution in [1.29, 1.82) is 0 Å². The van der Waals surface area contributed by atoms with E-state index in [1.54, 1.807) is 0 Å². The van der Waals surface area contributed by atoms with Crippen molar-refractivity contribution >= 4 is 34.1 Å². The molecule has 1 aromatic heterocycles. The average molecular weight is 323 g/mol. The van der Waals surface area contributed by atoms with Crippen molar-refractivity contribution < 1.29 is 9.53 Å². The molecule has 0 fully saturated rings. The molecule has 1 heterocycles. The molecule has 0 spiro atoms. The van der Waals surface area contributed by atoms with E-state index in [9.17, 15) is 4.79 Å². The van der Waals surface area contributed by atoms with Gasteiger partial charge in [-0.25, -0.2) is 0 Å². The third-order valence-corrected chi connectivity index (χ3v) is 4.65. The topological polar surface area (TPSA) is 64.1 Å². The van der Waals surface area contributed by atoms with Gasteiger partial charge in [0.25, 0.3) is 5.91 Å². The summed E-state index contributed by atoms with van der Waals surface area (Å²) in [4.78, 5) is 12.3. The van der Waals surface area contributed by atoms with Crippen LogP contribution in [0.5, 0.6) is 5.75 Å². The number of benzene rings is 1. The monoisotopic (exact) mass is 323 g/mol. The van der Waals surface area contributed by atoms with Gasteiger partial charge in [0.2, 0.25) is 5.13 Å². The Labute approximate surface area is 132 Å². The number of para-hydroxylation sites is 1. The zero-order valence-electron chi connectivity index (χ0n) is 12.1. The minimum atomic E-state index is -0.548. The number of aromatic nitrogens is 2. The summed E-state index contributed by atoms with van der Waals surface area (Å²) in [5.41, 5.74) is 1.00. The Bertz CT molecular complexity index is 616. The SMILES string of the molecule is CC[C@H](Oc1ccccc1C)C(=O)Nc1nnc(SC)s1. The van der Waals surface area contributed by atoms with Crippen molar-refractivity contribution in [3.63, 3.8) is 0 Å². The van der Waals surface area contributed by atoms with E-state index in [4.69, 9.17) is 4.74 Å². The van der Waals surface area contributed by atoms with Gasteiger partial charge in [-0.05, 0) is 31.2 Å². The van der Waals surface area contributed by atoms with E-state index < -0.39 is 6.10 Å². The first-order valence-electron chi connectivity index (χ1n) is 6.54. The third kappa shape index (κ3) is 4.18. The lowest BCUT2D eigenvalue weighted by Gasteiger charge is -2.17. The van der Waals surface area contributed by atoms with Gasteiger partial charge in [-0.2, -0.15) is 0 Å². The number of aryl methyl sites for hydroxylation is 1. The van der Waals surface area contributed by atoms with Crippen LogP contribution < -0.4 is 10.1 Å². The van der Waals surface area contributed by atoms with Crippen LogP contribution in [0, 0.1) is 6.92 Å². The largest absolute Gasteiger partial charge is 0.480 e. The first kappa shape index (κ1) is 15.8. The molecule has 0 aliphatic rings. The van der Waals surface area contributed by atoms with Crippen LogP contribution >= 0.6 is 23.1 Å². The molecule has 1 aromatic carbocycles. The predicted octanol–water partition coefficient (Wildman–Crippen LogP) is 3.36. The molecule has 0 radical (unpaired) electrons. The van der Waals surface area contributed by atoms with E-state index in [2.05, 4.69) is 15.5 Å². The van der Waals surface area contributed by atoms with Gasteiger partial charge in [0.15, 0.2) is 10.4 Å². The van der Waals surface area contributed by atoms with E-state index >= 15 is 0 Å². The fraction of sp³-hybridized carbons (Fsp3) is 0.357. The Kier molecular flexibility index (Phi) is 5.58. The van der Waals surface area contributed by atoms with E-state index in [1.807, 2.05) is 44.4 Å². The zero-order valence-corrected chi connectivity index (χ0v) is 13.8. The number of amides is 1. The third-order valence-electron chi connectivity index (χ3n) is 2.84. The Balaban J connectivity index is 2.03. The van der Waals surface area contributed by atoms with Crippen molar-refractivity contribution in [2.75, 3.05) is 11.6 Å². The number of ether oxygens (including phenoxy) is 1. The average Bonchev–Trinajstić information content (AvgIpc) is 2.94. The lowest BCUT2D eigenvalue weighted by atomic mass is 10.2. The maximum atomic E-state index is 12.3. The lowest BCUT2D eigenvalue weighted by molar-refractivity contribution is -0.122. The molecule has 0 unspecified atom stereocenters. The number of anilines is 1. The molecular weight excluding hydrogens is 306 g/mol. The molecule has 0 bridgehead atoms. The molecule has 2 rings (SSSR count). The molecule has 0 saturated carbocycles. The second-order valence-corrected chi connectivity index (χ2v) is 6.38.